The molecule has 2 aromatic heterocycles. The maximum absolute atomic E-state index is 12.4. The third-order valence-electron chi connectivity index (χ3n) is 5.77. The van der Waals surface area contributed by atoms with Crippen LogP contribution in [0.1, 0.15) is 23.2 Å². The molecule has 0 radical (unpaired) electrons. The number of aromatic nitrogens is 3. The minimum atomic E-state index is -0.0828. The molecule has 0 unspecified atom stereocenters. The molecular formula is C23H25N5OS. The van der Waals surface area contributed by atoms with Crippen LogP contribution < -0.4 is 5.56 Å². The smallest absolute Gasteiger partial charge is 0.275 e. The highest BCUT2D eigenvalue weighted by atomic mass is 32.1. The van der Waals surface area contributed by atoms with Crippen molar-refractivity contribution in [2.75, 3.05) is 26.2 Å². The Kier molecular flexibility index (Phi) is 5.33. The number of piperazine rings is 1. The summed E-state index contributed by atoms with van der Waals surface area (Å²) in [5, 5.41) is 7.92. The summed E-state index contributed by atoms with van der Waals surface area (Å²) in [5.41, 5.74) is 2.15. The molecule has 0 amide bonds. The zero-order chi connectivity index (χ0) is 20.5. The summed E-state index contributed by atoms with van der Waals surface area (Å²) < 4.78 is 1.43. The molecule has 1 aliphatic rings. The van der Waals surface area contributed by atoms with Gasteiger partial charge in [-0.15, -0.1) is 0 Å². The van der Waals surface area contributed by atoms with Gasteiger partial charge in [0.05, 0.1) is 5.69 Å². The molecule has 30 heavy (non-hydrogen) atoms. The summed E-state index contributed by atoms with van der Waals surface area (Å²) in [6.07, 6.45) is 0.821. The average Bonchev–Trinajstić information content (AvgIpc) is 3.19. The summed E-state index contributed by atoms with van der Waals surface area (Å²) in [6, 6.07) is 16.8. The van der Waals surface area contributed by atoms with Gasteiger partial charge in [0.1, 0.15) is 5.01 Å². The molecule has 0 saturated carbocycles. The Morgan fingerprint density at radius 2 is 1.70 bits per heavy atom. The lowest BCUT2D eigenvalue weighted by atomic mass is 10.0. The van der Waals surface area contributed by atoms with Crippen LogP contribution in [0.25, 0.3) is 15.7 Å². The summed E-state index contributed by atoms with van der Waals surface area (Å²) >= 11 is 1.50. The topological polar surface area (TPSA) is 53.7 Å². The van der Waals surface area contributed by atoms with E-state index in [0.717, 1.165) is 49.8 Å². The zero-order valence-corrected chi connectivity index (χ0v) is 17.9. The number of fused-ring (bicyclic) bond motifs is 2. The molecule has 0 spiro atoms. The van der Waals surface area contributed by atoms with E-state index in [0.29, 0.717) is 11.5 Å². The van der Waals surface area contributed by atoms with Crippen LogP contribution >= 0.6 is 11.3 Å². The van der Waals surface area contributed by atoms with Crippen LogP contribution in [0.2, 0.25) is 0 Å². The summed E-state index contributed by atoms with van der Waals surface area (Å²) in [6.45, 7) is 7.73. The maximum atomic E-state index is 12.4. The molecule has 0 N–H and O–H groups in total. The van der Waals surface area contributed by atoms with Crippen molar-refractivity contribution in [3.63, 3.8) is 0 Å². The van der Waals surface area contributed by atoms with Gasteiger partial charge < -0.3 is 0 Å². The Morgan fingerprint density at radius 1 is 0.967 bits per heavy atom. The van der Waals surface area contributed by atoms with Crippen molar-refractivity contribution < 1.29 is 0 Å². The van der Waals surface area contributed by atoms with Gasteiger partial charge in [0, 0.05) is 45.3 Å². The predicted molar refractivity (Wildman–Crippen MR) is 121 cm³/mol. The first kappa shape index (κ1) is 19.4. The van der Waals surface area contributed by atoms with Crippen LogP contribution in [0.15, 0.2) is 53.3 Å². The van der Waals surface area contributed by atoms with Crippen LogP contribution in [0.4, 0.5) is 0 Å². The molecule has 154 valence electrons. The normalized spacial score (nSPS) is 15.9. The molecule has 1 aliphatic heterocycles. The van der Waals surface area contributed by atoms with E-state index in [-0.39, 0.29) is 5.56 Å². The van der Waals surface area contributed by atoms with E-state index in [9.17, 15) is 4.79 Å². The van der Waals surface area contributed by atoms with Crippen LogP contribution in [0, 0.1) is 0 Å². The molecule has 2 aromatic carbocycles. The largest absolute Gasteiger partial charge is 0.297 e. The van der Waals surface area contributed by atoms with Crippen molar-refractivity contribution >= 4 is 27.1 Å². The lowest BCUT2D eigenvalue weighted by molar-refractivity contribution is 0.121. The molecule has 1 saturated heterocycles. The van der Waals surface area contributed by atoms with E-state index < -0.39 is 0 Å². The van der Waals surface area contributed by atoms with Crippen LogP contribution in [0.5, 0.6) is 0 Å². The second kappa shape index (κ2) is 8.26. The van der Waals surface area contributed by atoms with Crippen molar-refractivity contribution in [1.29, 1.82) is 0 Å². The highest BCUT2D eigenvalue weighted by Gasteiger charge is 2.19. The van der Waals surface area contributed by atoms with Crippen LogP contribution in [-0.4, -0.2) is 50.6 Å². The second-order valence-electron chi connectivity index (χ2n) is 7.82. The number of aryl methyl sites for hydroxylation is 1. The van der Waals surface area contributed by atoms with Gasteiger partial charge in [0.2, 0.25) is 4.96 Å². The Bertz CT molecular complexity index is 1230. The molecule has 3 heterocycles. The monoisotopic (exact) mass is 419 g/mol. The molecule has 6 nitrogen and oxygen atoms in total. The Balaban J connectivity index is 1.24. The summed E-state index contributed by atoms with van der Waals surface area (Å²) in [4.78, 5) is 22.7. The first-order chi connectivity index (χ1) is 14.7. The van der Waals surface area contributed by atoms with Gasteiger partial charge >= 0.3 is 0 Å². The first-order valence-electron chi connectivity index (χ1n) is 10.5. The number of benzene rings is 2. The van der Waals surface area contributed by atoms with Gasteiger partial charge in [0.15, 0.2) is 0 Å². The van der Waals surface area contributed by atoms with E-state index in [1.165, 1.54) is 32.2 Å². The zero-order valence-electron chi connectivity index (χ0n) is 17.1. The third kappa shape index (κ3) is 3.88. The van der Waals surface area contributed by atoms with E-state index in [2.05, 4.69) is 62.3 Å². The fourth-order valence-corrected chi connectivity index (χ4v) is 4.98. The first-order valence-corrected chi connectivity index (χ1v) is 11.3. The van der Waals surface area contributed by atoms with Crippen LogP contribution in [0.3, 0.4) is 0 Å². The maximum Gasteiger partial charge on any atom is 0.275 e. The predicted octanol–water partition coefficient (Wildman–Crippen LogP) is 3.18. The van der Waals surface area contributed by atoms with Crippen molar-refractivity contribution in [2.45, 2.75) is 26.4 Å². The highest BCUT2D eigenvalue weighted by molar-refractivity contribution is 7.16. The lowest BCUT2D eigenvalue weighted by Gasteiger charge is -2.34. The Morgan fingerprint density at radius 3 is 2.50 bits per heavy atom. The fraction of sp³-hybridized carbons (Fsp3) is 0.348. The van der Waals surface area contributed by atoms with Crippen LogP contribution in [-0.2, 0) is 19.5 Å². The molecule has 0 atom stereocenters. The lowest BCUT2D eigenvalue weighted by Crippen LogP contribution is -2.45. The van der Waals surface area contributed by atoms with E-state index in [4.69, 9.17) is 0 Å². The molecule has 5 rings (SSSR count). The van der Waals surface area contributed by atoms with Crippen molar-refractivity contribution in [3.05, 3.63) is 75.1 Å². The molecule has 0 bridgehead atoms. The Hall–Kier alpha value is -2.61. The molecule has 0 aliphatic carbocycles. The number of nitrogens with zero attached hydrogens (tertiary/aromatic N) is 5. The molecular weight excluding hydrogens is 394 g/mol. The average molecular weight is 420 g/mol. The quantitative estimate of drug-likeness (QED) is 0.497. The van der Waals surface area contributed by atoms with Crippen molar-refractivity contribution in [2.24, 2.45) is 0 Å². The number of rotatable bonds is 5. The molecule has 1 fully saturated rings. The van der Waals surface area contributed by atoms with E-state index >= 15 is 0 Å². The second-order valence-corrected chi connectivity index (χ2v) is 8.86. The number of hydrogen-bond donors (Lipinski definition) is 0. The summed E-state index contributed by atoms with van der Waals surface area (Å²) in [5.74, 6) is 0. The van der Waals surface area contributed by atoms with Gasteiger partial charge in [-0.2, -0.15) is 9.61 Å². The molecule has 7 heteroatoms. The molecule has 4 aromatic rings. The minimum absolute atomic E-state index is 0.0828. The van der Waals surface area contributed by atoms with Crippen molar-refractivity contribution in [3.8, 4) is 0 Å². The Labute approximate surface area is 179 Å². The van der Waals surface area contributed by atoms with Gasteiger partial charge in [-0.05, 0) is 22.8 Å². The SMILES string of the molecule is CCc1nn2c(=O)cc(CN3CCN(Cc4cccc5ccccc45)CC3)nc2s1. The minimum Gasteiger partial charge on any atom is -0.297 e. The fourth-order valence-electron chi connectivity index (χ4n) is 4.13. The van der Waals surface area contributed by atoms with Gasteiger partial charge in [-0.25, -0.2) is 4.98 Å². The standard InChI is InChI=1S/C23H25N5OS/c1-2-21-25-28-22(29)14-19(24-23(28)30-21)16-27-12-10-26(11-13-27)15-18-8-5-7-17-6-3-4-9-20(17)18/h3-9,14H,2,10-13,15-16H2,1H3. The number of hydrogen-bond acceptors (Lipinski definition) is 6. The third-order valence-corrected chi connectivity index (χ3v) is 6.82. The van der Waals surface area contributed by atoms with Gasteiger partial charge in [-0.1, -0.05) is 60.7 Å². The highest BCUT2D eigenvalue weighted by Crippen LogP contribution is 2.21. The van der Waals surface area contributed by atoms with Gasteiger partial charge in [0.25, 0.3) is 5.56 Å². The van der Waals surface area contributed by atoms with E-state index in [1.807, 2.05) is 6.92 Å². The summed E-state index contributed by atoms with van der Waals surface area (Å²) in [7, 11) is 0. The van der Waals surface area contributed by atoms with Gasteiger partial charge in [-0.3, -0.25) is 14.6 Å². The van der Waals surface area contributed by atoms with E-state index in [1.54, 1.807) is 6.07 Å². The van der Waals surface area contributed by atoms with Crippen molar-refractivity contribution in [1.82, 2.24) is 24.4 Å².